The van der Waals surface area contributed by atoms with Crippen LogP contribution in [-0.4, -0.2) is 11.5 Å². The lowest BCUT2D eigenvalue weighted by molar-refractivity contribution is 0.305. The number of nitrogens with one attached hydrogen (secondary N) is 1. The summed E-state index contributed by atoms with van der Waals surface area (Å²) >= 11 is 6.23. The summed E-state index contributed by atoms with van der Waals surface area (Å²) in [7, 11) is 0. The fraction of sp³-hybridized carbons (Fsp3) is 0.312. The predicted octanol–water partition coefficient (Wildman–Crippen LogP) is 4.12. The summed E-state index contributed by atoms with van der Waals surface area (Å²) in [6, 6.07) is 7.31. The van der Waals surface area contributed by atoms with Crippen molar-refractivity contribution in [3.8, 4) is 5.75 Å². The molecule has 0 radical (unpaired) electrons. The first-order valence-corrected chi connectivity index (χ1v) is 7.23. The van der Waals surface area contributed by atoms with Crippen molar-refractivity contribution in [2.24, 2.45) is 0 Å². The summed E-state index contributed by atoms with van der Waals surface area (Å²) in [6.07, 6.45) is 2.73. The number of hydrogen-bond acceptors (Lipinski definition) is 3. The number of pyridine rings is 1. The predicted molar refractivity (Wildman–Crippen MR) is 82.1 cm³/mol. The summed E-state index contributed by atoms with van der Waals surface area (Å²) in [6.45, 7) is 5.26. The Kier molecular flexibility index (Phi) is 5.53. The van der Waals surface area contributed by atoms with Crippen LogP contribution in [-0.2, 0) is 6.61 Å². The highest BCUT2D eigenvalue weighted by Crippen LogP contribution is 2.28. The number of hydrogen-bond donors (Lipinski definition) is 1. The lowest BCUT2D eigenvalue weighted by atomic mass is 10.1. The summed E-state index contributed by atoms with van der Waals surface area (Å²) < 4.78 is 18.6. The van der Waals surface area contributed by atoms with Gasteiger partial charge in [0.1, 0.15) is 18.2 Å². The molecule has 0 aliphatic carbocycles. The Balaban J connectivity index is 2.04. The summed E-state index contributed by atoms with van der Waals surface area (Å²) in [5.41, 5.74) is 1.76. The van der Waals surface area contributed by atoms with E-state index in [1.165, 1.54) is 6.07 Å². The van der Waals surface area contributed by atoms with Crippen LogP contribution in [0.15, 0.2) is 36.7 Å². The van der Waals surface area contributed by atoms with Gasteiger partial charge in [-0.2, -0.15) is 0 Å². The molecule has 21 heavy (non-hydrogen) atoms. The first-order valence-electron chi connectivity index (χ1n) is 6.85. The summed E-state index contributed by atoms with van der Waals surface area (Å²) in [4.78, 5) is 3.78. The van der Waals surface area contributed by atoms with Gasteiger partial charge in [-0.05, 0) is 37.2 Å². The number of nitrogens with zero attached hydrogens (tertiary/aromatic N) is 1. The van der Waals surface area contributed by atoms with Gasteiger partial charge >= 0.3 is 0 Å². The van der Waals surface area contributed by atoms with Gasteiger partial charge in [0.05, 0.1) is 11.2 Å². The van der Waals surface area contributed by atoms with Gasteiger partial charge < -0.3 is 10.1 Å². The van der Waals surface area contributed by atoms with Crippen molar-refractivity contribution in [2.75, 3.05) is 6.54 Å². The molecular formula is C16H18ClFN2O. The number of halogens is 2. The largest absolute Gasteiger partial charge is 0.487 e. The molecule has 0 fully saturated rings. The van der Waals surface area contributed by atoms with Crippen molar-refractivity contribution in [3.63, 3.8) is 0 Å². The van der Waals surface area contributed by atoms with E-state index in [1.54, 1.807) is 6.20 Å². The molecule has 1 N–H and O–H groups in total. The Labute approximate surface area is 129 Å². The van der Waals surface area contributed by atoms with Crippen LogP contribution in [0.3, 0.4) is 0 Å². The molecule has 0 bridgehead atoms. The number of aromatic nitrogens is 1. The molecule has 0 saturated carbocycles. The molecular weight excluding hydrogens is 291 g/mol. The van der Waals surface area contributed by atoms with E-state index in [0.717, 1.165) is 18.3 Å². The quantitative estimate of drug-likeness (QED) is 0.871. The van der Waals surface area contributed by atoms with E-state index in [4.69, 9.17) is 16.3 Å². The molecule has 0 aliphatic rings. The standard InChI is InChI=1S/C16H18ClFN2O/c1-3-20-11(2)13-4-5-16(15(17)7-13)21-10-12-6-14(18)9-19-8-12/h4-9,11,20H,3,10H2,1-2H3. The molecule has 1 heterocycles. The summed E-state index contributed by atoms with van der Waals surface area (Å²) in [5, 5.41) is 3.87. The smallest absolute Gasteiger partial charge is 0.141 e. The van der Waals surface area contributed by atoms with Gasteiger partial charge in [-0.1, -0.05) is 24.6 Å². The third-order valence-corrected chi connectivity index (χ3v) is 3.42. The number of benzene rings is 1. The van der Waals surface area contributed by atoms with Crippen LogP contribution in [0.25, 0.3) is 0 Å². The van der Waals surface area contributed by atoms with E-state index in [9.17, 15) is 4.39 Å². The Morgan fingerprint density at radius 3 is 2.81 bits per heavy atom. The van der Waals surface area contributed by atoms with Gasteiger partial charge in [-0.25, -0.2) is 4.39 Å². The number of rotatable bonds is 6. The van der Waals surface area contributed by atoms with Crippen LogP contribution in [0, 0.1) is 5.82 Å². The Hall–Kier alpha value is -1.65. The normalized spacial score (nSPS) is 12.2. The van der Waals surface area contributed by atoms with Crippen LogP contribution < -0.4 is 10.1 Å². The zero-order valence-corrected chi connectivity index (χ0v) is 12.8. The Morgan fingerprint density at radius 1 is 1.33 bits per heavy atom. The van der Waals surface area contributed by atoms with Crippen LogP contribution in [0.2, 0.25) is 5.02 Å². The first-order chi connectivity index (χ1) is 10.1. The first kappa shape index (κ1) is 15.7. The van der Waals surface area contributed by atoms with Crippen LogP contribution in [0.4, 0.5) is 4.39 Å². The topological polar surface area (TPSA) is 34.1 Å². The molecule has 112 valence electrons. The van der Waals surface area contributed by atoms with E-state index in [0.29, 0.717) is 16.3 Å². The van der Waals surface area contributed by atoms with E-state index in [2.05, 4.69) is 24.1 Å². The average Bonchev–Trinajstić information content (AvgIpc) is 2.46. The minimum Gasteiger partial charge on any atom is -0.487 e. The minimum atomic E-state index is -0.378. The van der Waals surface area contributed by atoms with Gasteiger partial charge in [-0.15, -0.1) is 0 Å². The monoisotopic (exact) mass is 308 g/mol. The Morgan fingerprint density at radius 2 is 2.14 bits per heavy atom. The zero-order valence-electron chi connectivity index (χ0n) is 12.1. The molecule has 1 atom stereocenters. The highest BCUT2D eigenvalue weighted by atomic mass is 35.5. The molecule has 1 unspecified atom stereocenters. The SMILES string of the molecule is CCNC(C)c1ccc(OCc2cncc(F)c2)c(Cl)c1. The Bertz CT molecular complexity index is 607. The second-order valence-corrected chi connectivity index (χ2v) is 5.18. The van der Waals surface area contributed by atoms with Crippen molar-refractivity contribution in [3.05, 3.63) is 58.6 Å². The van der Waals surface area contributed by atoms with E-state index >= 15 is 0 Å². The third-order valence-electron chi connectivity index (χ3n) is 3.12. The van der Waals surface area contributed by atoms with E-state index in [-0.39, 0.29) is 18.5 Å². The fourth-order valence-electron chi connectivity index (χ4n) is 2.02. The second kappa shape index (κ2) is 7.38. The maximum Gasteiger partial charge on any atom is 0.141 e. The zero-order chi connectivity index (χ0) is 15.2. The molecule has 0 amide bonds. The van der Waals surface area contributed by atoms with Crippen molar-refractivity contribution in [2.45, 2.75) is 26.5 Å². The average molecular weight is 309 g/mol. The lowest BCUT2D eigenvalue weighted by Gasteiger charge is -2.15. The third kappa shape index (κ3) is 4.41. The molecule has 0 spiro atoms. The van der Waals surface area contributed by atoms with Gasteiger partial charge in [0.15, 0.2) is 0 Å². The van der Waals surface area contributed by atoms with Crippen molar-refractivity contribution in [1.29, 1.82) is 0 Å². The highest BCUT2D eigenvalue weighted by molar-refractivity contribution is 6.32. The lowest BCUT2D eigenvalue weighted by Crippen LogP contribution is -2.17. The summed E-state index contributed by atoms with van der Waals surface area (Å²) in [5.74, 6) is 0.199. The second-order valence-electron chi connectivity index (χ2n) is 4.77. The van der Waals surface area contributed by atoms with Crippen molar-refractivity contribution >= 4 is 11.6 Å². The van der Waals surface area contributed by atoms with Gasteiger partial charge in [0, 0.05) is 17.8 Å². The van der Waals surface area contributed by atoms with Crippen molar-refractivity contribution in [1.82, 2.24) is 10.3 Å². The van der Waals surface area contributed by atoms with Gasteiger partial charge in [-0.3, -0.25) is 4.98 Å². The fourth-order valence-corrected chi connectivity index (χ4v) is 2.27. The maximum atomic E-state index is 13.0. The van der Waals surface area contributed by atoms with E-state index in [1.807, 2.05) is 18.2 Å². The number of ether oxygens (including phenoxy) is 1. The molecule has 3 nitrogen and oxygen atoms in total. The molecule has 0 aliphatic heterocycles. The van der Waals surface area contributed by atoms with Crippen molar-refractivity contribution < 1.29 is 9.13 Å². The van der Waals surface area contributed by atoms with Crippen LogP contribution >= 0.6 is 11.6 Å². The maximum absolute atomic E-state index is 13.0. The molecule has 2 rings (SSSR count). The minimum absolute atomic E-state index is 0.229. The van der Waals surface area contributed by atoms with Crippen LogP contribution in [0.5, 0.6) is 5.75 Å². The molecule has 1 aromatic heterocycles. The molecule has 2 aromatic rings. The van der Waals surface area contributed by atoms with Crippen LogP contribution in [0.1, 0.15) is 31.0 Å². The molecule has 1 aromatic carbocycles. The van der Waals surface area contributed by atoms with Gasteiger partial charge in [0.2, 0.25) is 0 Å². The molecule has 5 heteroatoms. The van der Waals surface area contributed by atoms with Gasteiger partial charge in [0.25, 0.3) is 0 Å². The van der Waals surface area contributed by atoms with E-state index < -0.39 is 0 Å². The molecule has 0 saturated heterocycles. The highest BCUT2D eigenvalue weighted by Gasteiger charge is 2.08.